The first-order valence-corrected chi connectivity index (χ1v) is 8.16. The first kappa shape index (κ1) is 15.7. The normalized spacial score (nSPS) is 10.6. The van der Waals surface area contributed by atoms with Crippen LogP contribution in [-0.4, -0.2) is 19.7 Å². The number of H-pyrrole nitrogens is 1. The van der Waals surface area contributed by atoms with Crippen molar-refractivity contribution in [2.75, 3.05) is 5.73 Å². The molecule has 0 saturated heterocycles. The molecule has 0 saturated carbocycles. The van der Waals surface area contributed by atoms with Crippen molar-refractivity contribution in [3.63, 3.8) is 0 Å². The Morgan fingerprint density at radius 2 is 2.00 bits per heavy atom. The molecule has 0 aliphatic rings. The Labute approximate surface area is 150 Å². The van der Waals surface area contributed by atoms with E-state index in [2.05, 4.69) is 21.1 Å². The average Bonchev–Trinajstić information content (AvgIpc) is 3.36. The molecule has 3 N–H and O–H groups in total. The maximum absolute atomic E-state index is 9.52. The molecule has 26 heavy (non-hydrogen) atoms. The van der Waals surface area contributed by atoms with Gasteiger partial charge in [0.05, 0.1) is 17.9 Å². The van der Waals surface area contributed by atoms with Gasteiger partial charge in [-0.1, -0.05) is 24.3 Å². The van der Waals surface area contributed by atoms with Gasteiger partial charge in [0.15, 0.2) is 0 Å². The topological polar surface area (TPSA) is 96.3 Å². The Morgan fingerprint density at radius 1 is 1.15 bits per heavy atom. The zero-order chi connectivity index (χ0) is 17.9. The molecular formula is C20H16N6. The molecule has 6 nitrogen and oxygen atoms in total. The van der Waals surface area contributed by atoms with Gasteiger partial charge in [0.1, 0.15) is 17.5 Å². The van der Waals surface area contributed by atoms with Crippen LogP contribution in [0.3, 0.4) is 0 Å². The number of nitrogens with two attached hydrogens (primary N) is 1. The number of aromatic nitrogens is 4. The van der Waals surface area contributed by atoms with Crippen LogP contribution >= 0.6 is 0 Å². The standard InChI is InChI=1S/C20H16N6/c21-12-17-16(11-19(25-20(17)22)18-3-1-8-23-18)15-6-4-14(5-7-15)13-26-10-2-9-24-26/h1-11,23H,13H2,(H2,22,25). The quantitative estimate of drug-likeness (QED) is 0.595. The molecule has 4 rings (SSSR count). The lowest BCUT2D eigenvalue weighted by Gasteiger charge is -2.10. The molecule has 0 radical (unpaired) electrons. The van der Waals surface area contributed by atoms with Crippen molar-refractivity contribution < 1.29 is 0 Å². The minimum absolute atomic E-state index is 0.232. The number of hydrogen-bond donors (Lipinski definition) is 2. The molecule has 0 aliphatic heterocycles. The number of hydrogen-bond acceptors (Lipinski definition) is 4. The molecule has 0 aliphatic carbocycles. The van der Waals surface area contributed by atoms with Crippen LogP contribution in [0.5, 0.6) is 0 Å². The van der Waals surface area contributed by atoms with E-state index in [1.54, 1.807) is 6.20 Å². The fraction of sp³-hybridized carbons (Fsp3) is 0.0500. The number of nitrogens with one attached hydrogen (secondary N) is 1. The summed E-state index contributed by atoms with van der Waals surface area (Å²) < 4.78 is 1.86. The average molecular weight is 340 g/mol. The van der Waals surface area contributed by atoms with E-state index in [0.29, 0.717) is 17.8 Å². The predicted molar refractivity (Wildman–Crippen MR) is 99.9 cm³/mol. The van der Waals surface area contributed by atoms with Gasteiger partial charge in [0, 0.05) is 24.2 Å². The summed E-state index contributed by atoms with van der Waals surface area (Å²) in [7, 11) is 0. The fourth-order valence-electron chi connectivity index (χ4n) is 2.91. The summed E-state index contributed by atoms with van der Waals surface area (Å²) in [6.07, 6.45) is 5.51. The van der Waals surface area contributed by atoms with E-state index in [1.165, 1.54) is 0 Å². The molecule has 0 fully saturated rings. The minimum Gasteiger partial charge on any atom is -0.383 e. The van der Waals surface area contributed by atoms with E-state index < -0.39 is 0 Å². The second-order valence-electron chi connectivity index (χ2n) is 5.91. The van der Waals surface area contributed by atoms with Crippen molar-refractivity contribution in [3.05, 3.63) is 78.2 Å². The first-order valence-electron chi connectivity index (χ1n) is 8.16. The highest BCUT2D eigenvalue weighted by molar-refractivity contribution is 5.79. The number of nitrogen functional groups attached to an aromatic ring is 1. The van der Waals surface area contributed by atoms with Crippen molar-refractivity contribution in [3.8, 4) is 28.6 Å². The maximum atomic E-state index is 9.52. The molecule has 0 atom stereocenters. The number of nitrogens with zero attached hydrogens (tertiary/aromatic N) is 4. The molecular weight excluding hydrogens is 324 g/mol. The third-order valence-corrected chi connectivity index (χ3v) is 4.20. The summed E-state index contributed by atoms with van der Waals surface area (Å²) in [5, 5.41) is 13.7. The zero-order valence-electron chi connectivity index (χ0n) is 13.9. The molecule has 0 unspecified atom stereocenters. The van der Waals surface area contributed by atoms with Crippen molar-refractivity contribution >= 4 is 5.82 Å². The van der Waals surface area contributed by atoms with Gasteiger partial charge in [-0.15, -0.1) is 0 Å². The zero-order valence-corrected chi connectivity index (χ0v) is 13.9. The summed E-state index contributed by atoms with van der Waals surface area (Å²) in [5.41, 5.74) is 10.8. The van der Waals surface area contributed by atoms with Crippen molar-refractivity contribution in [1.82, 2.24) is 19.7 Å². The number of anilines is 1. The lowest BCUT2D eigenvalue weighted by atomic mass is 9.98. The number of benzene rings is 1. The number of nitriles is 1. The third-order valence-electron chi connectivity index (χ3n) is 4.20. The highest BCUT2D eigenvalue weighted by atomic mass is 15.3. The highest BCUT2D eigenvalue weighted by Gasteiger charge is 2.13. The molecule has 4 aromatic rings. The molecule has 3 heterocycles. The fourth-order valence-corrected chi connectivity index (χ4v) is 2.91. The van der Waals surface area contributed by atoms with E-state index in [1.807, 2.05) is 65.6 Å². The van der Waals surface area contributed by atoms with Crippen molar-refractivity contribution in [1.29, 1.82) is 5.26 Å². The van der Waals surface area contributed by atoms with Crippen LogP contribution in [-0.2, 0) is 6.54 Å². The first-order chi connectivity index (χ1) is 12.7. The lowest BCUT2D eigenvalue weighted by Crippen LogP contribution is -2.01. The van der Waals surface area contributed by atoms with E-state index in [4.69, 9.17) is 5.73 Å². The van der Waals surface area contributed by atoms with Crippen LogP contribution < -0.4 is 5.73 Å². The smallest absolute Gasteiger partial charge is 0.142 e. The lowest BCUT2D eigenvalue weighted by molar-refractivity contribution is 0.687. The Balaban J connectivity index is 1.73. The Hall–Kier alpha value is -3.85. The number of aromatic amines is 1. The predicted octanol–water partition coefficient (Wildman–Crippen LogP) is 3.44. The van der Waals surface area contributed by atoms with Gasteiger partial charge >= 0.3 is 0 Å². The second kappa shape index (κ2) is 6.57. The van der Waals surface area contributed by atoms with Crippen LogP contribution in [0, 0.1) is 11.3 Å². The van der Waals surface area contributed by atoms with Gasteiger partial charge in [-0.2, -0.15) is 10.4 Å². The summed E-state index contributed by atoms with van der Waals surface area (Å²) in [4.78, 5) is 7.47. The van der Waals surface area contributed by atoms with Crippen LogP contribution in [0.2, 0.25) is 0 Å². The van der Waals surface area contributed by atoms with Gasteiger partial charge in [-0.05, 0) is 35.4 Å². The Bertz CT molecular complexity index is 1050. The molecule has 0 spiro atoms. The summed E-state index contributed by atoms with van der Waals surface area (Å²) in [6, 6.07) is 17.8. The Kier molecular flexibility index (Phi) is 3.96. The largest absolute Gasteiger partial charge is 0.383 e. The van der Waals surface area contributed by atoms with E-state index in [0.717, 1.165) is 22.4 Å². The van der Waals surface area contributed by atoms with Gasteiger partial charge in [0.2, 0.25) is 0 Å². The number of pyridine rings is 1. The van der Waals surface area contributed by atoms with Crippen LogP contribution in [0.4, 0.5) is 5.82 Å². The summed E-state index contributed by atoms with van der Waals surface area (Å²) in [5.74, 6) is 0.232. The molecule has 0 bridgehead atoms. The van der Waals surface area contributed by atoms with E-state index in [9.17, 15) is 5.26 Å². The van der Waals surface area contributed by atoms with Gasteiger partial charge in [0.25, 0.3) is 0 Å². The molecule has 6 heteroatoms. The van der Waals surface area contributed by atoms with E-state index in [-0.39, 0.29) is 5.82 Å². The van der Waals surface area contributed by atoms with Gasteiger partial charge < -0.3 is 10.7 Å². The van der Waals surface area contributed by atoms with E-state index >= 15 is 0 Å². The summed E-state index contributed by atoms with van der Waals surface area (Å²) >= 11 is 0. The molecule has 1 aromatic carbocycles. The van der Waals surface area contributed by atoms with Crippen LogP contribution in [0.25, 0.3) is 22.5 Å². The molecule has 126 valence electrons. The minimum atomic E-state index is 0.232. The van der Waals surface area contributed by atoms with Gasteiger partial charge in [-0.25, -0.2) is 4.98 Å². The Morgan fingerprint density at radius 3 is 2.65 bits per heavy atom. The van der Waals surface area contributed by atoms with Gasteiger partial charge in [-0.3, -0.25) is 4.68 Å². The monoisotopic (exact) mass is 340 g/mol. The summed E-state index contributed by atoms with van der Waals surface area (Å²) in [6.45, 7) is 0.699. The van der Waals surface area contributed by atoms with Crippen LogP contribution in [0.1, 0.15) is 11.1 Å². The maximum Gasteiger partial charge on any atom is 0.142 e. The number of rotatable bonds is 4. The SMILES string of the molecule is N#Cc1c(-c2ccc(Cn3cccn3)cc2)cc(-c2ccc[nH]2)nc1N. The molecule has 3 aromatic heterocycles. The van der Waals surface area contributed by atoms with Crippen molar-refractivity contribution in [2.24, 2.45) is 0 Å². The second-order valence-corrected chi connectivity index (χ2v) is 5.91. The highest BCUT2D eigenvalue weighted by Crippen LogP contribution is 2.30. The molecule has 0 amide bonds. The van der Waals surface area contributed by atoms with Crippen molar-refractivity contribution in [2.45, 2.75) is 6.54 Å². The van der Waals surface area contributed by atoms with Crippen LogP contribution in [0.15, 0.2) is 67.1 Å². The third kappa shape index (κ3) is 2.94.